The predicted molar refractivity (Wildman–Crippen MR) is 62.4 cm³/mol. The van der Waals surface area contributed by atoms with Gasteiger partial charge in [0.05, 0.1) is 6.57 Å². The van der Waals surface area contributed by atoms with Gasteiger partial charge in [0.2, 0.25) is 11.6 Å². The Balaban J connectivity index is 2.24. The molecule has 0 radical (unpaired) electrons. The molecule has 0 atom stereocenters. The molecule has 0 aliphatic rings. The number of nitrogens with two attached hydrogens (primary N) is 1. The molecule has 2 aromatic rings. The van der Waals surface area contributed by atoms with E-state index in [1.54, 1.807) is 0 Å². The highest BCUT2D eigenvalue weighted by Gasteiger charge is 2.03. The topological polar surface area (TPSA) is 68.2 Å². The summed E-state index contributed by atoms with van der Waals surface area (Å²) < 4.78 is 0. The van der Waals surface area contributed by atoms with Crippen molar-refractivity contribution in [3.05, 3.63) is 47.9 Å². The number of nitrogen functional groups attached to an aromatic ring is 1. The predicted octanol–water partition coefficient (Wildman–Crippen LogP) is 2.35. The Morgan fingerprint density at radius 1 is 1.25 bits per heavy atom. The summed E-state index contributed by atoms with van der Waals surface area (Å²) in [5.74, 6) is 0.569. The van der Waals surface area contributed by atoms with E-state index < -0.39 is 0 Å². The Labute approximate surface area is 92.8 Å². The first-order valence-corrected chi connectivity index (χ1v) is 4.61. The second-order valence-corrected chi connectivity index (χ2v) is 3.07. The normalized spacial score (nSPS) is 9.44. The van der Waals surface area contributed by atoms with E-state index in [-0.39, 0.29) is 11.5 Å². The van der Waals surface area contributed by atoms with Gasteiger partial charge in [-0.3, -0.25) is 0 Å². The fourth-order valence-electron chi connectivity index (χ4n) is 1.19. The lowest BCUT2D eigenvalue weighted by Crippen LogP contribution is -1.99. The second-order valence-electron chi connectivity index (χ2n) is 3.07. The molecule has 0 aliphatic heterocycles. The van der Waals surface area contributed by atoms with Crippen LogP contribution in [0.5, 0.6) is 0 Å². The first-order valence-electron chi connectivity index (χ1n) is 4.61. The lowest BCUT2D eigenvalue weighted by Gasteiger charge is -2.05. The lowest BCUT2D eigenvalue weighted by atomic mass is 10.3. The molecule has 0 fully saturated rings. The zero-order valence-corrected chi connectivity index (χ0v) is 8.38. The lowest BCUT2D eigenvalue weighted by molar-refractivity contribution is 1.18. The fraction of sp³-hybridized carbons (Fsp3) is 0. The van der Waals surface area contributed by atoms with E-state index in [9.17, 15) is 0 Å². The molecule has 2 rings (SSSR count). The number of nitrogens with one attached hydrogen (secondary N) is 1. The second kappa shape index (κ2) is 4.28. The Hall–Kier alpha value is -2.61. The van der Waals surface area contributed by atoms with Crippen LogP contribution >= 0.6 is 0 Å². The minimum atomic E-state index is 0.184. The van der Waals surface area contributed by atoms with Crippen LogP contribution in [0.3, 0.4) is 0 Å². The molecule has 0 bridgehead atoms. The van der Waals surface area contributed by atoms with Gasteiger partial charge in [-0.05, 0) is 12.1 Å². The van der Waals surface area contributed by atoms with Gasteiger partial charge in [-0.15, -0.1) is 0 Å². The molecule has 0 saturated carbocycles. The number of nitrogens with zero attached hydrogens (tertiary/aromatic N) is 3. The van der Waals surface area contributed by atoms with Gasteiger partial charge in [0.1, 0.15) is 5.82 Å². The molecule has 0 unspecified atom stereocenters. The van der Waals surface area contributed by atoms with Crippen molar-refractivity contribution in [3.63, 3.8) is 0 Å². The minimum absolute atomic E-state index is 0.184. The van der Waals surface area contributed by atoms with Crippen LogP contribution in [0.2, 0.25) is 0 Å². The summed E-state index contributed by atoms with van der Waals surface area (Å²) in [6.07, 6.45) is 1.40. The Kier molecular flexibility index (Phi) is 2.65. The van der Waals surface area contributed by atoms with Crippen LogP contribution in [0.25, 0.3) is 4.85 Å². The number of anilines is 3. The maximum atomic E-state index is 6.82. The first kappa shape index (κ1) is 9.93. The van der Waals surface area contributed by atoms with Crippen molar-refractivity contribution in [3.8, 4) is 0 Å². The Morgan fingerprint density at radius 2 is 2.00 bits per heavy atom. The molecule has 16 heavy (non-hydrogen) atoms. The molecule has 3 N–H and O–H groups in total. The number of para-hydroxylation sites is 1. The van der Waals surface area contributed by atoms with Crippen molar-refractivity contribution in [2.75, 3.05) is 11.1 Å². The smallest absolute Gasteiger partial charge is 0.245 e. The third-order valence-corrected chi connectivity index (χ3v) is 1.95. The van der Waals surface area contributed by atoms with Crippen LogP contribution in [-0.4, -0.2) is 9.97 Å². The van der Waals surface area contributed by atoms with Crippen LogP contribution in [0.4, 0.5) is 23.1 Å². The third kappa shape index (κ3) is 2.07. The van der Waals surface area contributed by atoms with Gasteiger partial charge in [-0.25, -0.2) is 14.8 Å². The van der Waals surface area contributed by atoms with Crippen molar-refractivity contribution in [2.45, 2.75) is 0 Å². The van der Waals surface area contributed by atoms with E-state index in [1.807, 2.05) is 30.3 Å². The molecular weight excluding hydrogens is 202 g/mol. The fourth-order valence-corrected chi connectivity index (χ4v) is 1.19. The standard InChI is InChI=1S/C11H9N5/c1-13-9-7-14-11(16-10(9)12)15-8-5-3-2-4-6-8/h2-7H,(H3,12,14,15,16). The number of hydrogen-bond donors (Lipinski definition) is 2. The van der Waals surface area contributed by atoms with Crippen LogP contribution in [0.15, 0.2) is 36.5 Å². The maximum Gasteiger partial charge on any atom is 0.245 e. The van der Waals surface area contributed by atoms with Gasteiger partial charge < -0.3 is 11.1 Å². The number of hydrogen-bond acceptors (Lipinski definition) is 4. The molecule has 0 amide bonds. The minimum Gasteiger partial charge on any atom is -0.392 e. The van der Waals surface area contributed by atoms with E-state index in [0.717, 1.165) is 5.69 Å². The summed E-state index contributed by atoms with van der Waals surface area (Å²) in [4.78, 5) is 11.2. The molecule has 5 nitrogen and oxygen atoms in total. The van der Waals surface area contributed by atoms with E-state index in [0.29, 0.717) is 5.95 Å². The average Bonchev–Trinajstić information content (AvgIpc) is 2.31. The summed E-state index contributed by atoms with van der Waals surface area (Å²) >= 11 is 0. The largest absolute Gasteiger partial charge is 0.392 e. The van der Waals surface area contributed by atoms with Gasteiger partial charge >= 0.3 is 0 Å². The summed E-state index contributed by atoms with van der Waals surface area (Å²) in [5, 5.41) is 2.99. The quantitative estimate of drug-likeness (QED) is 0.748. The maximum absolute atomic E-state index is 6.82. The van der Waals surface area contributed by atoms with E-state index in [2.05, 4.69) is 20.1 Å². The highest BCUT2D eigenvalue weighted by Crippen LogP contribution is 2.20. The van der Waals surface area contributed by atoms with Crippen LogP contribution in [0.1, 0.15) is 0 Å². The third-order valence-electron chi connectivity index (χ3n) is 1.95. The van der Waals surface area contributed by atoms with Gasteiger partial charge in [0, 0.05) is 11.9 Å². The molecule has 78 valence electrons. The SMILES string of the molecule is [C-]#[N+]c1cnc(Nc2ccccc2)nc1N. The van der Waals surface area contributed by atoms with Gasteiger partial charge in [0.15, 0.2) is 0 Å². The molecule has 0 aliphatic carbocycles. The van der Waals surface area contributed by atoms with Crippen LogP contribution < -0.4 is 11.1 Å². The zero-order valence-electron chi connectivity index (χ0n) is 8.38. The van der Waals surface area contributed by atoms with Crippen LogP contribution in [-0.2, 0) is 0 Å². The van der Waals surface area contributed by atoms with Crippen molar-refractivity contribution >= 4 is 23.1 Å². The van der Waals surface area contributed by atoms with Gasteiger partial charge in [-0.2, -0.15) is 0 Å². The van der Waals surface area contributed by atoms with E-state index in [1.165, 1.54) is 6.20 Å². The number of rotatable bonds is 2. The zero-order chi connectivity index (χ0) is 11.4. The van der Waals surface area contributed by atoms with Gasteiger partial charge in [0.25, 0.3) is 0 Å². The molecule has 0 saturated heterocycles. The first-order chi connectivity index (χ1) is 7.79. The van der Waals surface area contributed by atoms with Crippen molar-refractivity contribution in [1.29, 1.82) is 0 Å². The van der Waals surface area contributed by atoms with Crippen molar-refractivity contribution in [1.82, 2.24) is 9.97 Å². The Morgan fingerprint density at radius 3 is 2.62 bits per heavy atom. The monoisotopic (exact) mass is 211 g/mol. The van der Waals surface area contributed by atoms with Crippen molar-refractivity contribution < 1.29 is 0 Å². The van der Waals surface area contributed by atoms with E-state index >= 15 is 0 Å². The summed E-state index contributed by atoms with van der Waals surface area (Å²) in [7, 11) is 0. The molecule has 0 spiro atoms. The molecule has 1 aromatic carbocycles. The summed E-state index contributed by atoms with van der Waals surface area (Å²) in [6.45, 7) is 6.82. The van der Waals surface area contributed by atoms with Crippen LogP contribution in [0, 0.1) is 6.57 Å². The molecule has 1 heterocycles. The Bertz CT molecular complexity index is 530. The summed E-state index contributed by atoms with van der Waals surface area (Å²) in [6, 6.07) is 9.51. The van der Waals surface area contributed by atoms with Crippen molar-refractivity contribution in [2.24, 2.45) is 0 Å². The molecule has 1 aromatic heterocycles. The molecule has 5 heteroatoms. The average molecular weight is 211 g/mol. The highest BCUT2D eigenvalue weighted by atomic mass is 15.1. The number of benzene rings is 1. The highest BCUT2D eigenvalue weighted by molar-refractivity contribution is 5.64. The summed E-state index contributed by atoms with van der Waals surface area (Å²) in [5.41, 5.74) is 6.72. The number of aromatic nitrogens is 2. The van der Waals surface area contributed by atoms with Gasteiger partial charge in [-0.1, -0.05) is 18.2 Å². The molecular formula is C11H9N5. The van der Waals surface area contributed by atoms with E-state index in [4.69, 9.17) is 12.3 Å².